The molecule has 2 aromatic rings. The highest BCUT2D eigenvalue weighted by Gasteiger charge is 2.45. The zero-order chi connectivity index (χ0) is 19.1. The molecule has 0 aliphatic carbocycles. The largest absolute Gasteiger partial charge is 0.324 e. The molecular formula is C16H13N3O6S. The van der Waals surface area contributed by atoms with Gasteiger partial charge in [-0.15, -0.1) is 0 Å². The third-order valence-electron chi connectivity index (χ3n) is 3.93. The molecule has 1 aliphatic heterocycles. The number of carbonyl (C=O) groups is 2. The highest BCUT2D eigenvalue weighted by molar-refractivity contribution is 7.90. The number of amides is 2. The standard InChI is InChI=1S/C16H13N3O6S/c1-10(15(20)17-11-6-8-12(9-7-11)19(22)23)18-16(21)13-4-2-3-5-14(13)26(18,24)25/h2-10H,1H3,(H,17,20)/t10-/m0/s1. The molecule has 0 aromatic heterocycles. The first-order chi connectivity index (χ1) is 12.2. The van der Waals surface area contributed by atoms with Crippen molar-refractivity contribution in [2.75, 3.05) is 5.32 Å². The molecule has 1 heterocycles. The van der Waals surface area contributed by atoms with Crippen LogP contribution in [0.2, 0.25) is 0 Å². The van der Waals surface area contributed by atoms with Crippen molar-refractivity contribution in [3.8, 4) is 0 Å². The number of carbonyl (C=O) groups excluding carboxylic acids is 2. The third kappa shape index (κ3) is 2.80. The molecular weight excluding hydrogens is 362 g/mol. The molecule has 9 nitrogen and oxygen atoms in total. The molecule has 0 fully saturated rings. The van der Waals surface area contributed by atoms with E-state index in [0.717, 1.165) is 0 Å². The molecule has 1 aliphatic rings. The number of sulfonamides is 1. The minimum atomic E-state index is -4.12. The summed E-state index contributed by atoms with van der Waals surface area (Å²) in [5.74, 6) is -1.50. The van der Waals surface area contributed by atoms with Crippen LogP contribution in [0, 0.1) is 10.1 Å². The molecule has 0 unspecified atom stereocenters. The number of fused-ring (bicyclic) bond motifs is 1. The van der Waals surface area contributed by atoms with Crippen LogP contribution < -0.4 is 5.32 Å². The highest BCUT2D eigenvalue weighted by Crippen LogP contribution is 2.31. The van der Waals surface area contributed by atoms with E-state index in [0.29, 0.717) is 4.31 Å². The zero-order valence-corrected chi connectivity index (χ0v) is 14.3. The van der Waals surface area contributed by atoms with Gasteiger partial charge in [-0.25, -0.2) is 12.7 Å². The lowest BCUT2D eigenvalue weighted by Crippen LogP contribution is -2.45. The Morgan fingerprint density at radius 2 is 1.77 bits per heavy atom. The summed E-state index contributed by atoms with van der Waals surface area (Å²) >= 11 is 0. The lowest BCUT2D eigenvalue weighted by molar-refractivity contribution is -0.384. The topological polar surface area (TPSA) is 127 Å². The number of nitrogens with one attached hydrogen (secondary N) is 1. The van der Waals surface area contributed by atoms with Gasteiger partial charge in [0, 0.05) is 17.8 Å². The first kappa shape index (κ1) is 17.5. The fourth-order valence-electron chi connectivity index (χ4n) is 2.61. The minimum Gasteiger partial charge on any atom is -0.324 e. The van der Waals surface area contributed by atoms with E-state index in [9.17, 15) is 28.1 Å². The van der Waals surface area contributed by atoms with Crippen molar-refractivity contribution in [1.29, 1.82) is 0 Å². The van der Waals surface area contributed by atoms with E-state index in [2.05, 4.69) is 5.32 Å². The average molecular weight is 375 g/mol. The van der Waals surface area contributed by atoms with Gasteiger partial charge in [0.25, 0.3) is 21.6 Å². The fraction of sp³-hybridized carbons (Fsp3) is 0.125. The number of hydrogen-bond donors (Lipinski definition) is 1. The first-order valence-corrected chi connectivity index (χ1v) is 8.90. The molecule has 134 valence electrons. The maximum absolute atomic E-state index is 12.6. The first-order valence-electron chi connectivity index (χ1n) is 7.46. The Morgan fingerprint density at radius 3 is 2.35 bits per heavy atom. The molecule has 10 heteroatoms. The number of anilines is 1. The van der Waals surface area contributed by atoms with Crippen molar-refractivity contribution in [2.24, 2.45) is 0 Å². The minimum absolute atomic E-state index is 0.0162. The quantitative estimate of drug-likeness (QED) is 0.641. The molecule has 1 N–H and O–H groups in total. The van der Waals surface area contributed by atoms with Crippen LogP contribution in [0.5, 0.6) is 0 Å². The Bertz CT molecular complexity index is 1020. The summed E-state index contributed by atoms with van der Waals surface area (Å²) in [6.07, 6.45) is 0. The van der Waals surface area contributed by atoms with Gasteiger partial charge in [0.1, 0.15) is 10.9 Å². The highest BCUT2D eigenvalue weighted by atomic mass is 32.2. The molecule has 26 heavy (non-hydrogen) atoms. The lowest BCUT2D eigenvalue weighted by atomic mass is 10.2. The van der Waals surface area contributed by atoms with Crippen molar-refractivity contribution >= 4 is 33.2 Å². The predicted molar refractivity (Wildman–Crippen MR) is 91.0 cm³/mol. The number of non-ortho nitro benzene ring substituents is 1. The van der Waals surface area contributed by atoms with E-state index in [-0.39, 0.29) is 21.8 Å². The van der Waals surface area contributed by atoms with Crippen LogP contribution in [0.1, 0.15) is 17.3 Å². The molecule has 0 saturated heterocycles. The second-order valence-corrected chi connectivity index (χ2v) is 7.35. The molecule has 0 saturated carbocycles. The van der Waals surface area contributed by atoms with Gasteiger partial charge in [-0.1, -0.05) is 12.1 Å². The van der Waals surface area contributed by atoms with Crippen LogP contribution in [0.15, 0.2) is 53.4 Å². The van der Waals surface area contributed by atoms with Crippen molar-refractivity contribution in [3.05, 3.63) is 64.2 Å². The van der Waals surface area contributed by atoms with Crippen LogP contribution in [0.25, 0.3) is 0 Å². The summed E-state index contributed by atoms with van der Waals surface area (Å²) in [6, 6.07) is 9.47. The summed E-state index contributed by atoms with van der Waals surface area (Å²) in [7, 11) is -4.12. The number of nitrogens with zero attached hydrogens (tertiary/aromatic N) is 2. The second kappa shape index (κ2) is 6.23. The summed E-state index contributed by atoms with van der Waals surface area (Å²) in [5.41, 5.74) is 0.111. The van der Waals surface area contributed by atoms with Crippen molar-refractivity contribution in [1.82, 2.24) is 4.31 Å². The van der Waals surface area contributed by atoms with E-state index in [1.807, 2.05) is 0 Å². The zero-order valence-electron chi connectivity index (χ0n) is 13.4. The Balaban J connectivity index is 1.83. The smallest absolute Gasteiger partial charge is 0.269 e. The summed E-state index contributed by atoms with van der Waals surface area (Å²) in [5, 5.41) is 13.1. The van der Waals surface area contributed by atoms with E-state index < -0.39 is 32.8 Å². The number of nitro groups is 1. The van der Waals surface area contributed by atoms with E-state index >= 15 is 0 Å². The number of rotatable bonds is 4. The SMILES string of the molecule is C[C@@H](C(=O)Nc1ccc([N+](=O)[O-])cc1)N1C(=O)c2ccccc2S1(=O)=O. The van der Waals surface area contributed by atoms with Gasteiger partial charge >= 0.3 is 0 Å². The number of hydrogen-bond acceptors (Lipinski definition) is 6. The third-order valence-corrected chi connectivity index (χ3v) is 5.84. The van der Waals surface area contributed by atoms with Crippen LogP contribution >= 0.6 is 0 Å². The van der Waals surface area contributed by atoms with Gasteiger partial charge in [0.2, 0.25) is 5.91 Å². The van der Waals surface area contributed by atoms with E-state index in [4.69, 9.17) is 0 Å². The van der Waals surface area contributed by atoms with Crippen molar-refractivity contribution in [3.63, 3.8) is 0 Å². The molecule has 1 atom stereocenters. The fourth-order valence-corrected chi connectivity index (χ4v) is 4.33. The van der Waals surface area contributed by atoms with Gasteiger partial charge in [-0.2, -0.15) is 0 Å². The Labute approximate surface area is 148 Å². The number of nitro benzene ring substituents is 1. The Hall–Kier alpha value is -3.27. The summed E-state index contributed by atoms with van der Waals surface area (Å²) < 4.78 is 25.7. The molecule has 3 rings (SSSR count). The molecule has 0 bridgehead atoms. The van der Waals surface area contributed by atoms with Gasteiger partial charge in [-0.05, 0) is 31.2 Å². The summed E-state index contributed by atoms with van der Waals surface area (Å²) in [6.45, 7) is 1.29. The lowest BCUT2D eigenvalue weighted by Gasteiger charge is -2.22. The van der Waals surface area contributed by atoms with Crippen LogP contribution in [0.4, 0.5) is 11.4 Å². The Kier molecular flexibility index (Phi) is 4.20. The second-order valence-electron chi connectivity index (χ2n) is 5.57. The van der Waals surface area contributed by atoms with Crippen LogP contribution in [0.3, 0.4) is 0 Å². The molecule has 2 amide bonds. The average Bonchev–Trinajstić information content (AvgIpc) is 2.81. The maximum Gasteiger partial charge on any atom is 0.269 e. The van der Waals surface area contributed by atoms with Gasteiger partial charge < -0.3 is 5.32 Å². The molecule has 2 aromatic carbocycles. The monoisotopic (exact) mass is 375 g/mol. The van der Waals surface area contributed by atoms with Crippen molar-refractivity contribution < 1.29 is 22.9 Å². The van der Waals surface area contributed by atoms with Gasteiger partial charge in [0.15, 0.2) is 0 Å². The number of benzene rings is 2. The maximum atomic E-state index is 12.6. The molecule has 0 radical (unpaired) electrons. The normalized spacial score (nSPS) is 16.0. The predicted octanol–water partition coefficient (Wildman–Crippen LogP) is 1.77. The summed E-state index contributed by atoms with van der Waals surface area (Å²) in [4.78, 5) is 34.7. The van der Waals surface area contributed by atoms with Crippen molar-refractivity contribution in [2.45, 2.75) is 17.9 Å². The Morgan fingerprint density at radius 1 is 1.15 bits per heavy atom. The molecule has 0 spiro atoms. The van der Waals surface area contributed by atoms with Crippen LogP contribution in [-0.4, -0.2) is 35.5 Å². The van der Waals surface area contributed by atoms with E-state index in [1.165, 1.54) is 55.5 Å². The van der Waals surface area contributed by atoms with E-state index in [1.54, 1.807) is 0 Å². The van der Waals surface area contributed by atoms with Gasteiger partial charge in [0.05, 0.1) is 10.5 Å². The van der Waals surface area contributed by atoms with Gasteiger partial charge in [-0.3, -0.25) is 19.7 Å². The van der Waals surface area contributed by atoms with Crippen LogP contribution in [-0.2, 0) is 14.8 Å².